The Labute approximate surface area is 122 Å². The molecule has 1 aliphatic rings. The fourth-order valence-electron chi connectivity index (χ4n) is 2.61. The minimum atomic E-state index is 0.302. The minimum Gasteiger partial charge on any atom is -0.496 e. The van der Waals surface area contributed by atoms with Crippen molar-refractivity contribution >= 4 is 0 Å². The number of para-hydroxylation sites is 1. The predicted molar refractivity (Wildman–Crippen MR) is 82.3 cm³/mol. The third kappa shape index (κ3) is 4.80. The lowest BCUT2D eigenvalue weighted by Gasteiger charge is -2.22. The van der Waals surface area contributed by atoms with E-state index in [2.05, 4.69) is 24.4 Å². The number of ether oxygens (including phenoxy) is 2. The van der Waals surface area contributed by atoms with Gasteiger partial charge in [-0.2, -0.15) is 0 Å². The zero-order valence-electron chi connectivity index (χ0n) is 12.9. The molecule has 0 radical (unpaired) electrons. The number of nitrogens with one attached hydrogen (secondary N) is 1. The molecular formula is C17H27NO2. The predicted octanol–water partition coefficient (Wildman–Crippen LogP) is 3.03. The third-order valence-corrected chi connectivity index (χ3v) is 4.04. The molecule has 0 bridgehead atoms. The topological polar surface area (TPSA) is 30.5 Å². The summed E-state index contributed by atoms with van der Waals surface area (Å²) >= 11 is 0. The van der Waals surface area contributed by atoms with Crippen molar-refractivity contribution in [1.29, 1.82) is 0 Å². The first-order valence-electron chi connectivity index (χ1n) is 7.61. The van der Waals surface area contributed by atoms with E-state index in [0.717, 1.165) is 31.2 Å². The first-order valence-corrected chi connectivity index (χ1v) is 7.61. The molecular weight excluding hydrogens is 250 g/mol. The van der Waals surface area contributed by atoms with E-state index in [1.165, 1.54) is 18.4 Å². The lowest BCUT2D eigenvalue weighted by Crippen LogP contribution is -2.28. The maximum absolute atomic E-state index is 5.46. The van der Waals surface area contributed by atoms with Gasteiger partial charge >= 0.3 is 0 Å². The van der Waals surface area contributed by atoms with Crippen LogP contribution in [0.25, 0.3) is 0 Å². The first-order chi connectivity index (χ1) is 9.72. The van der Waals surface area contributed by atoms with Gasteiger partial charge in [0.05, 0.1) is 13.2 Å². The zero-order valence-corrected chi connectivity index (χ0v) is 12.9. The van der Waals surface area contributed by atoms with Gasteiger partial charge in [-0.1, -0.05) is 18.2 Å². The summed E-state index contributed by atoms with van der Waals surface area (Å²) in [5, 5.41) is 3.65. The van der Waals surface area contributed by atoms with Gasteiger partial charge in [-0.15, -0.1) is 0 Å². The average molecular weight is 277 g/mol. The Morgan fingerprint density at radius 2 is 2.00 bits per heavy atom. The second-order valence-electron chi connectivity index (χ2n) is 5.85. The van der Waals surface area contributed by atoms with Crippen LogP contribution < -0.4 is 10.1 Å². The quantitative estimate of drug-likeness (QED) is 0.752. The van der Waals surface area contributed by atoms with Crippen LogP contribution in [0.5, 0.6) is 5.75 Å². The van der Waals surface area contributed by atoms with Crippen molar-refractivity contribution in [2.24, 2.45) is 5.92 Å². The molecule has 20 heavy (non-hydrogen) atoms. The van der Waals surface area contributed by atoms with E-state index in [9.17, 15) is 0 Å². The maximum Gasteiger partial charge on any atom is 0.122 e. The Morgan fingerprint density at radius 3 is 2.65 bits per heavy atom. The summed E-state index contributed by atoms with van der Waals surface area (Å²) in [6.45, 7) is 3.21. The molecule has 0 aromatic heterocycles. The Hall–Kier alpha value is -1.06. The summed E-state index contributed by atoms with van der Waals surface area (Å²) < 4.78 is 10.9. The number of methoxy groups -OCH3 is 2. The molecule has 0 heterocycles. The van der Waals surface area contributed by atoms with Crippen LogP contribution in [0.2, 0.25) is 0 Å². The first kappa shape index (κ1) is 15.3. The summed E-state index contributed by atoms with van der Waals surface area (Å²) in [4.78, 5) is 0. The van der Waals surface area contributed by atoms with E-state index < -0.39 is 0 Å². The van der Waals surface area contributed by atoms with Crippen molar-refractivity contribution in [2.75, 3.05) is 20.8 Å². The summed E-state index contributed by atoms with van der Waals surface area (Å²) in [6, 6.07) is 9.08. The van der Waals surface area contributed by atoms with Crippen LogP contribution in [-0.2, 0) is 11.2 Å². The van der Waals surface area contributed by atoms with Gasteiger partial charge in [0.15, 0.2) is 0 Å². The largest absolute Gasteiger partial charge is 0.496 e. The zero-order chi connectivity index (χ0) is 14.4. The summed E-state index contributed by atoms with van der Waals surface area (Å²) in [6.07, 6.45) is 5.09. The minimum absolute atomic E-state index is 0.302. The normalized spacial score (nSPS) is 17.8. The fourth-order valence-corrected chi connectivity index (χ4v) is 2.61. The lowest BCUT2D eigenvalue weighted by atomic mass is 9.93. The molecule has 1 aromatic rings. The van der Waals surface area contributed by atoms with Gasteiger partial charge in [0.1, 0.15) is 5.75 Å². The molecule has 1 aliphatic carbocycles. The monoisotopic (exact) mass is 277 g/mol. The molecule has 1 N–H and O–H groups in total. The van der Waals surface area contributed by atoms with Crippen molar-refractivity contribution in [1.82, 2.24) is 5.32 Å². The molecule has 2 rings (SSSR count). The fraction of sp³-hybridized carbons (Fsp3) is 0.647. The molecule has 1 aromatic carbocycles. The number of rotatable bonds is 9. The molecule has 3 heteroatoms. The van der Waals surface area contributed by atoms with Crippen LogP contribution in [0.1, 0.15) is 31.7 Å². The Bertz CT molecular complexity index is 404. The Balaban J connectivity index is 1.96. The highest BCUT2D eigenvalue weighted by Gasteiger charge is 2.23. The van der Waals surface area contributed by atoms with Gasteiger partial charge in [0, 0.05) is 13.2 Å². The van der Waals surface area contributed by atoms with Crippen LogP contribution in [-0.4, -0.2) is 32.9 Å². The molecule has 0 aliphatic heterocycles. The molecule has 2 unspecified atom stereocenters. The Morgan fingerprint density at radius 1 is 1.25 bits per heavy atom. The third-order valence-electron chi connectivity index (χ3n) is 4.04. The lowest BCUT2D eigenvalue weighted by molar-refractivity contribution is 0.0944. The number of hydrogen-bond donors (Lipinski definition) is 1. The highest BCUT2D eigenvalue weighted by Crippen LogP contribution is 2.25. The molecule has 3 nitrogen and oxygen atoms in total. The van der Waals surface area contributed by atoms with Crippen LogP contribution in [0.15, 0.2) is 24.3 Å². The number of hydrogen-bond acceptors (Lipinski definition) is 3. The van der Waals surface area contributed by atoms with Crippen LogP contribution in [0.4, 0.5) is 0 Å². The standard InChI is InChI=1S/C17H27NO2/c1-13(19-2)10-14(12-18-16-8-9-16)11-15-6-4-5-7-17(15)20-3/h4-7,13-14,16,18H,8-12H2,1-3H3. The maximum atomic E-state index is 5.46. The van der Waals surface area contributed by atoms with E-state index in [4.69, 9.17) is 9.47 Å². The summed E-state index contributed by atoms with van der Waals surface area (Å²) in [7, 11) is 3.53. The van der Waals surface area contributed by atoms with Crippen molar-refractivity contribution in [2.45, 2.75) is 44.8 Å². The van der Waals surface area contributed by atoms with E-state index in [1.54, 1.807) is 14.2 Å². The molecule has 2 atom stereocenters. The van der Waals surface area contributed by atoms with Gasteiger partial charge in [-0.25, -0.2) is 0 Å². The van der Waals surface area contributed by atoms with E-state index >= 15 is 0 Å². The van der Waals surface area contributed by atoms with Crippen molar-refractivity contribution < 1.29 is 9.47 Å². The second kappa shape index (κ2) is 7.65. The molecule has 1 saturated carbocycles. The summed E-state index contributed by atoms with van der Waals surface area (Å²) in [5.74, 6) is 1.58. The van der Waals surface area contributed by atoms with Crippen molar-refractivity contribution in [3.05, 3.63) is 29.8 Å². The molecule has 0 saturated heterocycles. The second-order valence-corrected chi connectivity index (χ2v) is 5.85. The van der Waals surface area contributed by atoms with Gasteiger partial charge in [-0.05, 0) is 56.7 Å². The SMILES string of the molecule is COc1ccccc1CC(CNC1CC1)CC(C)OC. The average Bonchev–Trinajstić information content (AvgIpc) is 3.29. The highest BCUT2D eigenvalue weighted by atomic mass is 16.5. The van der Waals surface area contributed by atoms with Crippen LogP contribution in [0, 0.1) is 5.92 Å². The van der Waals surface area contributed by atoms with Gasteiger partial charge < -0.3 is 14.8 Å². The molecule has 1 fully saturated rings. The van der Waals surface area contributed by atoms with Crippen molar-refractivity contribution in [3.8, 4) is 5.75 Å². The van der Waals surface area contributed by atoms with Crippen LogP contribution in [0.3, 0.4) is 0 Å². The highest BCUT2D eigenvalue weighted by molar-refractivity contribution is 5.33. The summed E-state index contributed by atoms with van der Waals surface area (Å²) in [5.41, 5.74) is 1.29. The Kier molecular flexibility index (Phi) is 5.86. The van der Waals surface area contributed by atoms with Crippen molar-refractivity contribution in [3.63, 3.8) is 0 Å². The van der Waals surface area contributed by atoms with Gasteiger partial charge in [0.2, 0.25) is 0 Å². The van der Waals surface area contributed by atoms with Gasteiger partial charge in [-0.3, -0.25) is 0 Å². The van der Waals surface area contributed by atoms with E-state index in [0.29, 0.717) is 12.0 Å². The number of benzene rings is 1. The smallest absolute Gasteiger partial charge is 0.122 e. The van der Waals surface area contributed by atoms with E-state index in [-0.39, 0.29) is 0 Å². The molecule has 112 valence electrons. The van der Waals surface area contributed by atoms with E-state index in [1.807, 2.05) is 12.1 Å². The molecule has 0 amide bonds. The molecule has 0 spiro atoms. The van der Waals surface area contributed by atoms with Gasteiger partial charge in [0.25, 0.3) is 0 Å². The van der Waals surface area contributed by atoms with Crippen LogP contribution >= 0.6 is 0 Å².